The summed E-state index contributed by atoms with van der Waals surface area (Å²) in [4.78, 5) is 11.7. The van der Waals surface area contributed by atoms with E-state index in [0.717, 1.165) is 5.56 Å². The van der Waals surface area contributed by atoms with E-state index in [9.17, 15) is 4.79 Å². The van der Waals surface area contributed by atoms with Gasteiger partial charge in [0.2, 0.25) is 0 Å². The molecule has 0 N–H and O–H groups in total. The van der Waals surface area contributed by atoms with E-state index in [2.05, 4.69) is 0 Å². The first-order valence-corrected chi connectivity index (χ1v) is 8.56. The Balaban J connectivity index is 2.18. The summed E-state index contributed by atoms with van der Waals surface area (Å²) < 4.78 is 28.3. The molecule has 1 heterocycles. The first kappa shape index (κ1) is 19.8. The number of ether oxygens (including phenoxy) is 5. The molecule has 0 radical (unpaired) electrons. The number of carbonyl (C=O) groups is 1. The topological polar surface area (TPSA) is 63.2 Å². The Kier molecular flexibility index (Phi) is 7.38. The van der Waals surface area contributed by atoms with Crippen LogP contribution in [0.15, 0.2) is 30.3 Å². The van der Waals surface area contributed by atoms with Crippen molar-refractivity contribution in [3.63, 3.8) is 0 Å². The lowest BCUT2D eigenvalue weighted by Gasteiger charge is -2.41. The summed E-state index contributed by atoms with van der Waals surface area (Å²) in [6.07, 6.45) is -2.16. The lowest BCUT2D eigenvalue weighted by molar-refractivity contribution is -0.291. The van der Waals surface area contributed by atoms with Crippen molar-refractivity contribution in [2.75, 3.05) is 20.8 Å². The van der Waals surface area contributed by atoms with Gasteiger partial charge in [-0.2, -0.15) is 0 Å². The molecule has 25 heavy (non-hydrogen) atoms. The summed E-state index contributed by atoms with van der Waals surface area (Å²) >= 11 is 0. The molecule has 0 amide bonds. The average molecular weight is 352 g/mol. The normalized spacial score (nSPS) is 26.2. The highest BCUT2D eigenvalue weighted by atomic mass is 16.7. The smallest absolute Gasteiger partial charge is 0.334 e. The van der Waals surface area contributed by atoms with Gasteiger partial charge in [0.1, 0.15) is 12.2 Å². The molecule has 0 spiro atoms. The van der Waals surface area contributed by atoms with Crippen molar-refractivity contribution in [3.8, 4) is 0 Å². The molecule has 1 aromatic carbocycles. The first-order chi connectivity index (χ1) is 12.0. The summed E-state index contributed by atoms with van der Waals surface area (Å²) in [5.41, 5.74) is 0.936. The minimum absolute atomic E-state index is 0.115. The Morgan fingerprint density at radius 1 is 1.16 bits per heavy atom. The quantitative estimate of drug-likeness (QED) is 0.703. The predicted octanol–water partition coefficient (Wildman–Crippen LogP) is 2.72. The maximum atomic E-state index is 11.7. The molecule has 1 aromatic rings. The Morgan fingerprint density at radius 2 is 1.84 bits per heavy atom. The zero-order chi connectivity index (χ0) is 18.4. The van der Waals surface area contributed by atoms with Gasteiger partial charge >= 0.3 is 5.97 Å². The van der Waals surface area contributed by atoms with E-state index in [0.29, 0.717) is 6.61 Å². The largest absolute Gasteiger partial charge is 0.467 e. The van der Waals surface area contributed by atoms with Crippen molar-refractivity contribution in [1.82, 2.24) is 0 Å². The van der Waals surface area contributed by atoms with Crippen LogP contribution in [0, 0.1) is 5.92 Å². The molecule has 6 nitrogen and oxygen atoms in total. The van der Waals surface area contributed by atoms with Crippen LogP contribution in [0.5, 0.6) is 0 Å². The van der Waals surface area contributed by atoms with Crippen LogP contribution in [0.1, 0.15) is 32.6 Å². The first-order valence-electron chi connectivity index (χ1n) is 8.56. The zero-order valence-electron chi connectivity index (χ0n) is 15.5. The van der Waals surface area contributed by atoms with E-state index in [4.69, 9.17) is 23.7 Å². The minimum atomic E-state index is -0.684. The van der Waals surface area contributed by atoms with E-state index >= 15 is 0 Å². The molecule has 1 aliphatic heterocycles. The van der Waals surface area contributed by atoms with E-state index < -0.39 is 18.4 Å². The number of carbonyl (C=O) groups excluding carboxylic acids is 1. The number of esters is 1. The van der Waals surface area contributed by atoms with Gasteiger partial charge in [-0.25, -0.2) is 4.79 Å². The van der Waals surface area contributed by atoms with Crippen molar-refractivity contribution in [1.29, 1.82) is 0 Å². The third kappa shape index (κ3) is 5.01. The molecule has 1 saturated heterocycles. The van der Waals surface area contributed by atoms with Gasteiger partial charge in [0.15, 0.2) is 12.4 Å². The van der Waals surface area contributed by atoms with Crippen LogP contribution < -0.4 is 0 Å². The number of methoxy groups -OCH3 is 2. The second-order valence-corrected chi connectivity index (χ2v) is 6.46. The minimum Gasteiger partial charge on any atom is -0.467 e. The molecule has 3 unspecified atom stereocenters. The second kappa shape index (κ2) is 9.29. The van der Waals surface area contributed by atoms with Gasteiger partial charge < -0.3 is 23.7 Å². The predicted molar refractivity (Wildman–Crippen MR) is 92.0 cm³/mol. The van der Waals surface area contributed by atoms with Crippen molar-refractivity contribution >= 4 is 5.97 Å². The summed E-state index contributed by atoms with van der Waals surface area (Å²) in [7, 11) is 2.97. The van der Waals surface area contributed by atoms with E-state index in [1.54, 1.807) is 14.0 Å². The molecule has 140 valence electrons. The second-order valence-electron chi connectivity index (χ2n) is 6.46. The molecule has 0 aliphatic carbocycles. The Morgan fingerprint density at radius 3 is 2.40 bits per heavy atom. The highest BCUT2D eigenvalue weighted by molar-refractivity contribution is 5.73. The van der Waals surface area contributed by atoms with Crippen LogP contribution >= 0.6 is 0 Å². The van der Waals surface area contributed by atoms with Crippen molar-refractivity contribution in [2.45, 2.75) is 51.5 Å². The summed E-state index contributed by atoms with van der Waals surface area (Å²) in [5, 5.41) is 0. The lowest BCUT2D eigenvalue weighted by Crippen LogP contribution is -2.52. The molecule has 0 saturated carbocycles. The summed E-state index contributed by atoms with van der Waals surface area (Å²) in [5.74, 6) is -0.296. The maximum Gasteiger partial charge on any atom is 0.334 e. The van der Waals surface area contributed by atoms with Gasteiger partial charge in [0.05, 0.1) is 19.8 Å². The molecule has 5 atom stereocenters. The average Bonchev–Trinajstić information content (AvgIpc) is 2.65. The maximum absolute atomic E-state index is 11.7. The van der Waals surface area contributed by atoms with Crippen LogP contribution in [0.4, 0.5) is 0 Å². The van der Waals surface area contributed by atoms with Gasteiger partial charge in [-0.15, -0.1) is 0 Å². The van der Waals surface area contributed by atoms with Crippen LogP contribution in [-0.4, -0.2) is 51.2 Å². The summed E-state index contributed by atoms with van der Waals surface area (Å²) in [6, 6.07) is 9.73. The third-order valence-electron chi connectivity index (χ3n) is 4.31. The molecular formula is C19H28O6. The molecular weight excluding hydrogens is 324 g/mol. The van der Waals surface area contributed by atoms with Crippen LogP contribution in [0.2, 0.25) is 0 Å². The van der Waals surface area contributed by atoms with Crippen LogP contribution in [0.25, 0.3) is 0 Å². The molecule has 0 bridgehead atoms. The number of hydrogen-bond acceptors (Lipinski definition) is 6. The highest BCUT2D eigenvalue weighted by Crippen LogP contribution is 2.32. The van der Waals surface area contributed by atoms with E-state index in [1.165, 1.54) is 7.11 Å². The molecule has 2 rings (SSSR count). The molecule has 1 aliphatic rings. The Bertz CT molecular complexity index is 532. The van der Waals surface area contributed by atoms with Crippen LogP contribution in [0.3, 0.4) is 0 Å². The monoisotopic (exact) mass is 352 g/mol. The highest BCUT2D eigenvalue weighted by Gasteiger charge is 2.41. The van der Waals surface area contributed by atoms with Crippen molar-refractivity contribution in [2.24, 2.45) is 5.92 Å². The van der Waals surface area contributed by atoms with Crippen molar-refractivity contribution < 1.29 is 28.5 Å². The van der Waals surface area contributed by atoms with Crippen molar-refractivity contribution in [3.05, 3.63) is 35.9 Å². The fourth-order valence-electron chi connectivity index (χ4n) is 2.89. The standard InChI is InChI=1S/C19H28O6/c1-12(2)16(24-13(3)18(20)22-5)17-15(21-4)11-23-19(25-17)14-9-7-6-8-10-14/h6-10,12-13,15-17,19H,11H2,1-5H3/t13-,15?,16?,17-,19?/m1/s1. The van der Waals surface area contributed by atoms with Gasteiger partial charge in [0.25, 0.3) is 0 Å². The molecule has 6 heteroatoms. The van der Waals surface area contributed by atoms with E-state index in [-0.39, 0.29) is 24.2 Å². The zero-order valence-corrected chi connectivity index (χ0v) is 15.5. The molecule has 0 aromatic heterocycles. The number of benzene rings is 1. The fourth-order valence-corrected chi connectivity index (χ4v) is 2.89. The van der Waals surface area contributed by atoms with Gasteiger partial charge in [0, 0.05) is 12.7 Å². The Hall–Kier alpha value is -1.47. The lowest BCUT2D eigenvalue weighted by atomic mass is 9.96. The van der Waals surface area contributed by atoms with Crippen LogP contribution in [-0.2, 0) is 28.5 Å². The molecule has 1 fully saturated rings. The van der Waals surface area contributed by atoms with Gasteiger partial charge in [-0.05, 0) is 12.8 Å². The fraction of sp³-hybridized carbons (Fsp3) is 0.632. The SMILES string of the molecule is COC(=O)[C@@H](C)OC(C(C)C)[C@@H]1OC(c2ccccc2)OCC1OC. The van der Waals surface area contributed by atoms with Gasteiger partial charge in [-0.3, -0.25) is 0 Å². The third-order valence-corrected chi connectivity index (χ3v) is 4.31. The Labute approximate surface area is 149 Å². The van der Waals surface area contributed by atoms with Gasteiger partial charge in [-0.1, -0.05) is 44.2 Å². The summed E-state index contributed by atoms with van der Waals surface area (Å²) in [6.45, 7) is 6.12. The van der Waals surface area contributed by atoms with E-state index in [1.807, 2.05) is 44.2 Å². The number of hydrogen-bond donors (Lipinski definition) is 0. The number of rotatable bonds is 7.